The van der Waals surface area contributed by atoms with E-state index in [0.717, 1.165) is 12.8 Å². The second-order valence-corrected chi connectivity index (χ2v) is 10.8. The van der Waals surface area contributed by atoms with Crippen LogP contribution in [0.3, 0.4) is 0 Å². The predicted molar refractivity (Wildman–Crippen MR) is 125 cm³/mol. The molecular weight excluding hydrogens is 440 g/mol. The summed E-state index contributed by atoms with van der Waals surface area (Å²) < 4.78 is 5.30. The minimum Gasteiger partial charge on any atom is -0.444 e. The number of nitrogens with zero attached hydrogens (tertiary/aromatic N) is 1. The molecule has 4 amide bonds. The molecule has 1 aliphatic heterocycles. The van der Waals surface area contributed by atoms with Gasteiger partial charge in [0, 0.05) is 6.54 Å². The number of hydrogen-bond acceptors (Lipinski definition) is 6. The number of Topliss-reactive ketones (excluding diaryl/α,β-unsaturated/α-hetero) is 1. The number of rotatable bonds is 10. The number of carbonyl (C=O) groups is 5. The lowest BCUT2D eigenvalue weighted by atomic mass is 9.99. The van der Waals surface area contributed by atoms with Gasteiger partial charge in [0.05, 0.1) is 6.04 Å². The Morgan fingerprint density at radius 1 is 1.12 bits per heavy atom. The topological polar surface area (TPSA) is 148 Å². The molecular formula is C24H40N4O6. The SMILES string of the molecule is CC(C)C[C@@H](C(=O)NC(CC1CC1)C(=O)C(N)=O)N1CCCC[C@H](NC(=O)OC(C)(C)C)C1=O. The highest BCUT2D eigenvalue weighted by Crippen LogP contribution is 2.33. The molecule has 0 bridgehead atoms. The van der Waals surface area contributed by atoms with E-state index in [1.807, 2.05) is 13.8 Å². The average molecular weight is 481 g/mol. The van der Waals surface area contributed by atoms with Crippen molar-refractivity contribution >= 4 is 29.6 Å². The number of carbonyl (C=O) groups excluding carboxylic acids is 5. The average Bonchev–Trinajstić information content (AvgIpc) is 3.53. The molecule has 10 nitrogen and oxygen atoms in total. The van der Waals surface area contributed by atoms with E-state index in [0.29, 0.717) is 38.6 Å². The number of ether oxygens (including phenoxy) is 1. The molecule has 0 spiro atoms. The lowest BCUT2D eigenvalue weighted by Gasteiger charge is -2.34. The van der Waals surface area contributed by atoms with Crippen molar-refractivity contribution in [2.75, 3.05) is 6.54 Å². The van der Waals surface area contributed by atoms with E-state index in [2.05, 4.69) is 10.6 Å². The quantitative estimate of drug-likeness (QED) is 0.405. The van der Waals surface area contributed by atoms with Crippen molar-refractivity contribution in [1.29, 1.82) is 0 Å². The first-order chi connectivity index (χ1) is 15.8. The lowest BCUT2D eigenvalue weighted by molar-refractivity contribution is -0.144. The van der Waals surface area contributed by atoms with Gasteiger partial charge in [0.25, 0.3) is 5.91 Å². The van der Waals surface area contributed by atoms with Crippen molar-refractivity contribution in [3.8, 4) is 0 Å². The third kappa shape index (κ3) is 8.61. The highest BCUT2D eigenvalue weighted by atomic mass is 16.6. The molecule has 1 aliphatic carbocycles. The molecule has 1 unspecified atom stereocenters. The molecule has 1 saturated carbocycles. The number of hydrogen-bond donors (Lipinski definition) is 3. The molecule has 4 N–H and O–H groups in total. The number of likely N-dealkylation sites (tertiary alicyclic amines) is 1. The van der Waals surface area contributed by atoms with Gasteiger partial charge in [0.2, 0.25) is 17.6 Å². The van der Waals surface area contributed by atoms with E-state index in [1.165, 1.54) is 4.90 Å². The van der Waals surface area contributed by atoms with Crippen LogP contribution in [0.4, 0.5) is 4.79 Å². The minimum absolute atomic E-state index is 0.0813. The Bertz CT molecular complexity index is 787. The van der Waals surface area contributed by atoms with Crippen LogP contribution in [0.5, 0.6) is 0 Å². The molecule has 0 aromatic carbocycles. The van der Waals surface area contributed by atoms with Crippen LogP contribution in [0, 0.1) is 11.8 Å². The molecule has 0 radical (unpaired) electrons. The van der Waals surface area contributed by atoms with Crippen LogP contribution in [-0.4, -0.2) is 64.8 Å². The standard InChI is InChI=1S/C24H40N4O6/c1-14(2)12-18(21(31)26-17(13-15-9-10-15)19(29)20(25)30)28-11-7-6-8-16(22(28)32)27-23(33)34-24(3,4)5/h14-18H,6-13H2,1-5H3,(H2,25,30)(H,26,31)(H,27,33)/t16-,17?,18-/m0/s1. The fourth-order valence-electron chi connectivity index (χ4n) is 4.14. The van der Waals surface area contributed by atoms with Gasteiger partial charge in [-0.05, 0) is 64.7 Å². The molecule has 34 heavy (non-hydrogen) atoms. The van der Waals surface area contributed by atoms with E-state index in [4.69, 9.17) is 10.5 Å². The van der Waals surface area contributed by atoms with Crippen LogP contribution in [-0.2, 0) is 23.9 Å². The van der Waals surface area contributed by atoms with Crippen LogP contribution in [0.2, 0.25) is 0 Å². The van der Waals surface area contributed by atoms with Gasteiger partial charge >= 0.3 is 6.09 Å². The van der Waals surface area contributed by atoms with Crippen molar-refractivity contribution in [3.63, 3.8) is 0 Å². The number of ketones is 1. The Morgan fingerprint density at radius 2 is 1.76 bits per heavy atom. The summed E-state index contributed by atoms with van der Waals surface area (Å²) in [6, 6.07) is -2.64. The molecule has 192 valence electrons. The summed E-state index contributed by atoms with van der Waals surface area (Å²) in [5.41, 5.74) is 4.50. The highest BCUT2D eigenvalue weighted by Gasteiger charge is 2.39. The largest absolute Gasteiger partial charge is 0.444 e. The summed E-state index contributed by atoms with van der Waals surface area (Å²) in [5, 5.41) is 5.36. The second-order valence-electron chi connectivity index (χ2n) is 10.8. The Kier molecular flexibility index (Phi) is 9.46. The molecule has 10 heteroatoms. The summed E-state index contributed by atoms with van der Waals surface area (Å²) in [6.45, 7) is 9.45. The zero-order valence-corrected chi connectivity index (χ0v) is 21.0. The maximum Gasteiger partial charge on any atom is 0.408 e. The van der Waals surface area contributed by atoms with E-state index in [9.17, 15) is 24.0 Å². The Hall–Kier alpha value is -2.65. The van der Waals surface area contributed by atoms with Crippen LogP contribution in [0.15, 0.2) is 0 Å². The maximum absolute atomic E-state index is 13.4. The van der Waals surface area contributed by atoms with Crippen LogP contribution in [0.1, 0.15) is 79.6 Å². The molecule has 3 atom stereocenters. The first-order valence-corrected chi connectivity index (χ1v) is 12.2. The van der Waals surface area contributed by atoms with Crippen molar-refractivity contribution in [3.05, 3.63) is 0 Å². The molecule has 2 aliphatic rings. The normalized spacial score (nSPS) is 20.8. The maximum atomic E-state index is 13.4. The van der Waals surface area contributed by atoms with Gasteiger partial charge in [0.15, 0.2) is 0 Å². The predicted octanol–water partition coefficient (Wildman–Crippen LogP) is 1.65. The Labute approximate surface area is 201 Å². The van der Waals surface area contributed by atoms with Gasteiger partial charge in [0.1, 0.15) is 17.7 Å². The molecule has 2 rings (SSSR count). The van der Waals surface area contributed by atoms with Crippen molar-refractivity contribution in [1.82, 2.24) is 15.5 Å². The Morgan fingerprint density at radius 3 is 2.29 bits per heavy atom. The Balaban J connectivity index is 2.20. The second kappa shape index (κ2) is 11.7. The number of alkyl carbamates (subject to hydrolysis) is 1. The van der Waals surface area contributed by atoms with Gasteiger partial charge in [-0.25, -0.2) is 4.79 Å². The minimum atomic E-state index is -1.08. The van der Waals surface area contributed by atoms with E-state index < -0.39 is 47.4 Å². The number of amides is 4. The summed E-state index contributed by atoms with van der Waals surface area (Å²) in [7, 11) is 0. The van der Waals surface area contributed by atoms with Gasteiger partial charge in [-0.3, -0.25) is 19.2 Å². The monoisotopic (exact) mass is 480 g/mol. The first kappa shape index (κ1) is 27.6. The van der Waals surface area contributed by atoms with Crippen molar-refractivity contribution in [2.45, 2.75) is 103 Å². The zero-order valence-electron chi connectivity index (χ0n) is 21.0. The van der Waals surface area contributed by atoms with E-state index in [-0.39, 0.29) is 17.7 Å². The summed E-state index contributed by atoms with van der Waals surface area (Å²) in [6.07, 6.45) is 3.74. The molecule has 0 aromatic rings. The van der Waals surface area contributed by atoms with Gasteiger partial charge in [-0.1, -0.05) is 26.7 Å². The van der Waals surface area contributed by atoms with Gasteiger partial charge in [-0.2, -0.15) is 0 Å². The van der Waals surface area contributed by atoms with E-state index in [1.54, 1.807) is 20.8 Å². The van der Waals surface area contributed by atoms with Crippen LogP contribution < -0.4 is 16.4 Å². The summed E-state index contributed by atoms with van der Waals surface area (Å²) in [5.74, 6) is -2.39. The third-order valence-corrected chi connectivity index (χ3v) is 5.93. The molecule has 2 fully saturated rings. The molecule has 1 saturated heterocycles. The lowest BCUT2D eigenvalue weighted by Crippen LogP contribution is -2.58. The van der Waals surface area contributed by atoms with Crippen LogP contribution in [0.25, 0.3) is 0 Å². The van der Waals surface area contributed by atoms with E-state index >= 15 is 0 Å². The zero-order chi connectivity index (χ0) is 25.6. The van der Waals surface area contributed by atoms with Gasteiger partial charge < -0.3 is 26.0 Å². The molecule has 0 aromatic heterocycles. The summed E-state index contributed by atoms with van der Waals surface area (Å²) >= 11 is 0. The number of primary amides is 1. The highest BCUT2D eigenvalue weighted by molar-refractivity contribution is 6.37. The van der Waals surface area contributed by atoms with Crippen molar-refractivity contribution < 1.29 is 28.7 Å². The van der Waals surface area contributed by atoms with Crippen LogP contribution >= 0.6 is 0 Å². The van der Waals surface area contributed by atoms with Crippen molar-refractivity contribution in [2.24, 2.45) is 17.6 Å². The fraction of sp³-hybridized carbons (Fsp3) is 0.792. The number of nitrogens with one attached hydrogen (secondary N) is 2. The first-order valence-electron chi connectivity index (χ1n) is 12.2. The number of nitrogens with two attached hydrogens (primary N) is 1. The summed E-state index contributed by atoms with van der Waals surface area (Å²) in [4.78, 5) is 64.4. The molecule has 1 heterocycles. The fourth-order valence-corrected chi connectivity index (χ4v) is 4.14. The van der Waals surface area contributed by atoms with Gasteiger partial charge in [-0.15, -0.1) is 0 Å². The smallest absolute Gasteiger partial charge is 0.408 e. The third-order valence-electron chi connectivity index (χ3n) is 5.93.